The normalized spacial score (nSPS) is 11.9. The monoisotopic (exact) mass is 186 g/mol. The van der Waals surface area contributed by atoms with Gasteiger partial charge in [0.15, 0.2) is 0 Å². The van der Waals surface area contributed by atoms with Crippen LogP contribution in [0.3, 0.4) is 0 Å². The zero-order valence-electron chi connectivity index (χ0n) is 8.99. The Morgan fingerprint density at radius 3 is 2.79 bits per heavy atom. The molecule has 0 saturated heterocycles. The van der Waals surface area contributed by atoms with Crippen LogP contribution in [-0.2, 0) is 5.31 Å². The van der Waals surface area contributed by atoms with Crippen LogP contribution in [0.2, 0.25) is 6.82 Å². The van der Waals surface area contributed by atoms with E-state index in [9.17, 15) is 0 Å². The van der Waals surface area contributed by atoms with Crippen molar-refractivity contribution < 1.29 is 0 Å². The highest BCUT2D eigenvalue weighted by Gasteiger charge is 2.21. The fourth-order valence-corrected chi connectivity index (χ4v) is 1.44. The molecule has 0 atom stereocenters. The summed E-state index contributed by atoms with van der Waals surface area (Å²) in [5.41, 5.74) is 2.20. The van der Waals surface area contributed by atoms with Crippen molar-refractivity contribution in [3.8, 4) is 0 Å². The average Bonchev–Trinajstić information content (AvgIpc) is 2.61. The number of fused-ring (bicyclic) bond motifs is 1. The number of hydrogen-bond acceptors (Lipinski definition) is 1. The predicted octanol–water partition coefficient (Wildman–Crippen LogP) is 2.05. The Bertz CT molecular complexity index is 412. The molecule has 0 aliphatic carbocycles. The molecule has 0 fully saturated rings. The minimum atomic E-state index is 0.173. The SMILES string of the molecule is CBC(C)(C)c1cn2ccccc2n1. The molecule has 0 N–H and O–H groups in total. The van der Waals surface area contributed by atoms with E-state index in [1.165, 1.54) is 5.69 Å². The second-order valence-electron chi connectivity index (χ2n) is 4.33. The maximum absolute atomic E-state index is 4.62. The molecule has 2 aromatic rings. The summed E-state index contributed by atoms with van der Waals surface area (Å²) in [5.74, 6) is 0. The van der Waals surface area contributed by atoms with Crippen molar-refractivity contribution in [1.82, 2.24) is 9.38 Å². The lowest BCUT2D eigenvalue weighted by Crippen LogP contribution is -2.23. The molecule has 0 saturated carbocycles. The molecule has 0 aliphatic rings. The number of pyridine rings is 1. The predicted molar refractivity (Wildman–Crippen MR) is 61.2 cm³/mol. The van der Waals surface area contributed by atoms with E-state index in [2.05, 4.69) is 36.3 Å². The van der Waals surface area contributed by atoms with Crippen LogP contribution in [0.5, 0.6) is 0 Å². The topological polar surface area (TPSA) is 17.3 Å². The smallest absolute Gasteiger partial charge is 0.136 e. The highest BCUT2D eigenvalue weighted by Crippen LogP contribution is 2.20. The van der Waals surface area contributed by atoms with Gasteiger partial charge >= 0.3 is 0 Å². The number of rotatable bonds is 2. The summed E-state index contributed by atoms with van der Waals surface area (Å²) in [4.78, 5) is 4.62. The Balaban J connectivity index is 2.55. The van der Waals surface area contributed by atoms with Crippen molar-refractivity contribution in [2.24, 2.45) is 0 Å². The standard InChI is InChI=1S/C11H15BN2/c1-11(2,12-3)9-8-14-7-5-4-6-10(14)13-9/h4-8,12H,1-3H3. The molecule has 72 valence electrons. The van der Waals surface area contributed by atoms with Gasteiger partial charge in [-0.1, -0.05) is 26.7 Å². The molecule has 0 spiro atoms. The summed E-state index contributed by atoms with van der Waals surface area (Å²) < 4.78 is 2.08. The van der Waals surface area contributed by atoms with Crippen LogP contribution in [-0.4, -0.2) is 16.7 Å². The van der Waals surface area contributed by atoms with Crippen LogP contribution >= 0.6 is 0 Å². The minimum Gasteiger partial charge on any atom is -0.307 e. The van der Waals surface area contributed by atoms with Crippen molar-refractivity contribution in [2.75, 3.05) is 0 Å². The Kier molecular flexibility index (Phi) is 2.10. The summed E-state index contributed by atoms with van der Waals surface area (Å²) in [6.07, 6.45) is 4.16. The Morgan fingerprint density at radius 2 is 2.14 bits per heavy atom. The van der Waals surface area contributed by atoms with E-state index in [1.54, 1.807) is 0 Å². The number of aromatic nitrogens is 2. The second-order valence-corrected chi connectivity index (χ2v) is 4.33. The Labute approximate surface area is 85.2 Å². The third-order valence-electron chi connectivity index (χ3n) is 2.94. The highest BCUT2D eigenvalue weighted by atomic mass is 15.0. The van der Waals surface area contributed by atoms with E-state index < -0.39 is 0 Å². The number of imidazole rings is 1. The summed E-state index contributed by atoms with van der Waals surface area (Å²) in [6, 6.07) is 6.08. The van der Waals surface area contributed by atoms with Crippen LogP contribution in [0.1, 0.15) is 19.5 Å². The highest BCUT2D eigenvalue weighted by molar-refractivity contribution is 6.38. The number of nitrogens with zero attached hydrogens (tertiary/aromatic N) is 2. The molecule has 2 nitrogen and oxygen atoms in total. The van der Waals surface area contributed by atoms with Gasteiger partial charge in [0.2, 0.25) is 0 Å². The van der Waals surface area contributed by atoms with Gasteiger partial charge in [-0.15, -0.1) is 0 Å². The molecule has 2 aromatic heterocycles. The van der Waals surface area contributed by atoms with Gasteiger partial charge in [0.1, 0.15) is 12.9 Å². The molecule has 0 bridgehead atoms. The summed E-state index contributed by atoms with van der Waals surface area (Å²) in [6.45, 7) is 6.66. The lowest BCUT2D eigenvalue weighted by Gasteiger charge is -2.18. The van der Waals surface area contributed by atoms with E-state index >= 15 is 0 Å². The van der Waals surface area contributed by atoms with Crippen molar-refractivity contribution in [3.63, 3.8) is 0 Å². The third-order valence-corrected chi connectivity index (χ3v) is 2.94. The zero-order valence-corrected chi connectivity index (χ0v) is 8.99. The van der Waals surface area contributed by atoms with E-state index in [0.29, 0.717) is 0 Å². The molecule has 3 heteroatoms. The maximum atomic E-state index is 4.62. The van der Waals surface area contributed by atoms with Gasteiger partial charge in [0, 0.05) is 12.4 Å². The van der Waals surface area contributed by atoms with Gasteiger partial charge in [0.05, 0.1) is 5.69 Å². The van der Waals surface area contributed by atoms with Gasteiger partial charge in [-0.05, 0) is 17.4 Å². The molecular weight excluding hydrogens is 171 g/mol. The van der Waals surface area contributed by atoms with Crippen molar-refractivity contribution in [1.29, 1.82) is 0 Å². The van der Waals surface area contributed by atoms with Crippen molar-refractivity contribution >= 4 is 12.9 Å². The third kappa shape index (κ3) is 1.43. The van der Waals surface area contributed by atoms with Gasteiger partial charge < -0.3 is 4.40 Å². The molecule has 0 unspecified atom stereocenters. The van der Waals surface area contributed by atoms with Crippen LogP contribution in [0.4, 0.5) is 0 Å². The van der Waals surface area contributed by atoms with Gasteiger partial charge in [-0.2, -0.15) is 0 Å². The summed E-state index contributed by atoms with van der Waals surface area (Å²) in [5, 5.41) is 0.173. The first kappa shape index (κ1) is 9.32. The molecule has 0 amide bonds. The fourth-order valence-electron chi connectivity index (χ4n) is 1.44. The molecule has 0 aromatic carbocycles. The lowest BCUT2D eigenvalue weighted by molar-refractivity contribution is 0.727. The largest absolute Gasteiger partial charge is 0.307 e. The second kappa shape index (κ2) is 3.16. The molecule has 14 heavy (non-hydrogen) atoms. The van der Waals surface area contributed by atoms with E-state index in [0.717, 1.165) is 12.9 Å². The summed E-state index contributed by atoms with van der Waals surface area (Å²) >= 11 is 0. The maximum Gasteiger partial charge on any atom is 0.136 e. The molecule has 0 aliphatic heterocycles. The van der Waals surface area contributed by atoms with Crippen LogP contribution in [0.15, 0.2) is 30.6 Å². The zero-order chi connectivity index (χ0) is 10.2. The van der Waals surface area contributed by atoms with Gasteiger partial charge in [-0.3, -0.25) is 0 Å². The number of hydrogen-bond donors (Lipinski definition) is 0. The van der Waals surface area contributed by atoms with Crippen LogP contribution < -0.4 is 0 Å². The van der Waals surface area contributed by atoms with Crippen LogP contribution in [0, 0.1) is 0 Å². The van der Waals surface area contributed by atoms with E-state index in [1.807, 2.05) is 24.4 Å². The first-order valence-corrected chi connectivity index (χ1v) is 5.08. The molecular formula is C11H15BN2. The lowest BCUT2D eigenvalue weighted by atomic mass is 9.55. The first-order chi connectivity index (χ1) is 6.63. The quantitative estimate of drug-likeness (QED) is 0.656. The van der Waals surface area contributed by atoms with Crippen molar-refractivity contribution in [3.05, 3.63) is 36.3 Å². The Hall–Kier alpha value is -1.25. The van der Waals surface area contributed by atoms with Gasteiger partial charge in [0.25, 0.3) is 0 Å². The summed E-state index contributed by atoms with van der Waals surface area (Å²) in [7, 11) is 1.11. The first-order valence-electron chi connectivity index (χ1n) is 5.08. The van der Waals surface area contributed by atoms with E-state index in [-0.39, 0.29) is 5.31 Å². The van der Waals surface area contributed by atoms with Gasteiger partial charge in [-0.25, -0.2) is 4.98 Å². The average molecular weight is 186 g/mol. The molecule has 2 rings (SSSR count). The molecule has 2 heterocycles. The molecule has 0 radical (unpaired) electrons. The van der Waals surface area contributed by atoms with Crippen molar-refractivity contribution in [2.45, 2.75) is 26.0 Å². The minimum absolute atomic E-state index is 0.173. The van der Waals surface area contributed by atoms with E-state index in [4.69, 9.17) is 0 Å². The Morgan fingerprint density at radius 1 is 1.36 bits per heavy atom. The fraction of sp³-hybridized carbons (Fsp3) is 0.364. The van der Waals surface area contributed by atoms with Crippen LogP contribution in [0.25, 0.3) is 5.65 Å².